The Balaban J connectivity index is 2.40. The van der Waals surface area contributed by atoms with E-state index in [0.717, 1.165) is 0 Å². The molecule has 0 aliphatic carbocycles. The SMILES string of the molecule is CNC[C@H]1Oc2c(NC(=O)NC(C)C)cccc2C(=O)N(C)C[C@H]1C. The number of hydrogen-bond donors (Lipinski definition) is 3. The molecule has 0 saturated carbocycles. The number of rotatable bonds is 4. The second kappa shape index (κ2) is 8.20. The number of anilines is 1. The van der Waals surface area contributed by atoms with Crippen LogP contribution >= 0.6 is 0 Å². The van der Waals surface area contributed by atoms with Crippen LogP contribution in [-0.4, -0.2) is 56.2 Å². The molecule has 0 fully saturated rings. The summed E-state index contributed by atoms with van der Waals surface area (Å²) in [5, 5.41) is 8.71. The van der Waals surface area contributed by atoms with Crippen molar-refractivity contribution in [3.05, 3.63) is 23.8 Å². The molecular weight excluding hydrogens is 320 g/mol. The summed E-state index contributed by atoms with van der Waals surface area (Å²) in [5.74, 6) is 0.454. The van der Waals surface area contributed by atoms with E-state index in [9.17, 15) is 9.59 Å². The van der Waals surface area contributed by atoms with Crippen LogP contribution in [-0.2, 0) is 0 Å². The molecule has 1 heterocycles. The Hall–Kier alpha value is -2.28. The number of nitrogens with zero attached hydrogens (tertiary/aromatic N) is 1. The van der Waals surface area contributed by atoms with Crippen LogP contribution in [0, 0.1) is 5.92 Å². The third-order valence-corrected chi connectivity index (χ3v) is 4.13. The first-order valence-corrected chi connectivity index (χ1v) is 8.60. The Morgan fingerprint density at radius 1 is 1.40 bits per heavy atom. The van der Waals surface area contributed by atoms with Gasteiger partial charge in [-0.15, -0.1) is 0 Å². The number of fused-ring (bicyclic) bond motifs is 1. The van der Waals surface area contributed by atoms with Gasteiger partial charge < -0.3 is 25.6 Å². The number of benzene rings is 1. The lowest BCUT2D eigenvalue weighted by molar-refractivity contribution is 0.0639. The molecule has 3 amide bonds. The first-order chi connectivity index (χ1) is 11.8. The smallest absolute Gasteiger partial charge is 0.319 e. The van der Waals surface area contributed by atoms with Gasteiger partial charge in [0.25, 0.3) is 5.91 Å². The Kier molecular flexibility index (Phi) is 6.25. The van der Waals surface area contributed by atoms with Crippen molar-refractivity contribution in [2.45, 2.75) is 32.9 Å². The highest BCUT2D eigenvalue weighted by Gasteiger charge is 2.30. The predicted molar refractivity (Wildman–Crippen MR) is 98.2 cm³/mol. The van der Waals surface area contributed by atoms with Crippen LogP contribution in [0.2, 0.25) is 0 Å². The molecule has 0 radical (unpaired) electrons. The number of amides is 3. The van der Waals surface area contributed by atoms with Gasteiger partial charge in [0, 0.05) is 32.1 Å². The second-order valence-electron chi connectivity index (χ2n) is 6.81. The molecule has 2 rings (SSSR count). The summed E-state index contributed by atoms with van der Waals surface area (Å²) < 4.78 is 6.19. The van der Waals surface area contributed by atoms with Crippen LogP contribution in [0.4, 0.5) is 10.5 Å². The summed E-state index contributed by atoms with van der Waals surface area (Å²) in [6.07, 6.45) is -0.115. The van der Waals surface area contributed by atoms with Gasteiger partial charge in [0.1, 0.15) is 6.10 Å². The van der Waals surface area contributed by atoms with E-state index in [-0.39, 0.29) is 30.0 Å². The van der Waals surface area contributed by atoms with Crippen molar-refractivity contribution in [2.75, 3.05) is 32.5 Å². The van der Waals surface area contributed by atoms with Gasteiger partial charge in [0.2, 0.25) is 0 Å². The van der Waals surface area contributed by atoms with Crippen molar-refractivity contribution in [3.63, 3.8) is 0 Å². The molecule has 0 spiro atoms. The highest BCUT2D eigenvalue weighted by molar-refractivity contribution is 6.01. The number of carbonyl (C=O) groups excluding carboxylic acids is 2. The molecule has 25 heavy (non-hydrogen) atoms. The van der Waals surface area contributed by atoms with E-state index >= 15 is 0 Å². The number of carbonyl (C=O) groups is 2. The maximum atomic E-state index is 12.7. The quantitative estimate of drug-likeness (QED) is 0.776. The van der Waals surface area contributed by atoms with E-state index in [1.807, 2.05) is 20.9 Å². The van der Waals surface area contributed by atoms with Crippen LogP contribution in [0.15, 0.2) is 18.2 Å². The average molecular weight is 348 g/mol. The van der Waals surface area contributed by atoms with E-state index in [1.165, 1.54) is 0 Å². The lowest BCUT2D eigenvalue weighted by atomic mass is 10.0. The maximum absolute atomic E-state index is 12.7. The van der Waals surface area contributed by atoms with Crippen molar-refractivity contribution in [1.82, 2.24) is 15.5 Å². The largest absolute Gasteiger partial charge is 0.486 e. The molecule has 138 valence electrons. The molecule has 1 aliphatic heterocycles. The van der Waals surface area contributed by atoms with E-state index in [0.29, 0.717) is 30.1 Å². The molecule has 1 aromatic rings. The highest BCUT2D eigenvalue weighted by Crippen LogP contribution is 2.33. The molecule has 0 bridgehead atoms. The molecular formula is C18H28N4O3. The number of nitrogens with one attached hydrogen (secondary N) is 3. The molecule has 0 saturated heterocycles. The molecule has 7 heteroatoms. The Morgan fingerprint density at radius 3 is 2.76 bits per heavy atom. The third-order valence-electron chi connectivity index (χ3n) is 4.13. The number of hydrogen-bond acceptors (Lipinski definition) is 4. The third kappa shape index (κ3) is 4.63. The van der Waals surface area contributed by atoms with Gasteiger partial charge in [0.15, 0.2) is 5.75 Å². The molecule has 7 nitrogen and oxygen atoms in total. The summed E-state index contributed by atoms with van der Waals surface area (Å²) in [7, 11) is 3.65. The van der Waals surface area contributed by atoms with Crippen molar-refractivity contribution in [2.24, 2.45) is 5.92 Å². The van der Waals surface area contributed by atoms with E-state index in [4.69, 9.17) is 4.74 Å². The van der Waals surface area contributed by atoms with Crippen molar-refractivity contribution >= 4 is 17.6 Å². The van der Waals surface area contributed by atoms with Gasteiger partial charge in [-0.05, 0) is 33.0 Å². The maximum Gasteiger partial charge on any atom is 0.319 e. The van der Waals surface area contributed by atoms with E-state index in [1.54, 1.807) is 30.1 Å². The zero-order valence-electron chi connectivity index (χ0n) is 15.6. The topological polar surface area (TPSA) is 82.7 Å². The van der Waals surface area contributed by atoms with Crippen molar-refractivity contribution in [3.8, 4) is 5.75 Å². The summed E-state index contributed by atoms with van der Waals surface area (Å²) in [4.78, 5) is 26.5. The van der Waals surface area contributed by atoms with Gasteiger partial charge in [-0.2, -0.15) is 0 Å². The zero-order chi connectivity index (χ0) is 18.6. The van der Waals surface area contributed by atoms with Gasteiger partial charge in [-0.1, -0.05) is 13.0 Å². The standard InChI is InChI=1S/C18H28N4O3/c1-11(2)20-18(24)21-14-8-6-7-13-16(14)25-15(9-19-4)12(3)10-22(5)17(13)23/h6-8,11-12,15,19H,9-10H2,1-5H3,(H2,20,21,24)/t12-,15-/m1/s1. The monoisotopic (exact) mass is 348 g/mol. The normalized spacial score (nSPS) is 20.4. The average Bonchev–Trinajstić information content (AvgIpc) is 2.53. The van der Waals surface area contributed by atoms with Crippen LogP contribution in [0.25, 0.3) is 0 Å². The van der Waals surface area contributed by atoms with Gasteiger partial charge >= 0.3 is 6.03 Å². The number of urea groups is 1. The lowest BCUT2D eigenvalue weighted by Gasteiger charge is -2.33. The Labute approximate surface area is 149 Å². The van der Waals surface area contributed by atoms with Crippen molar-refractivity contribution < 1.29 is 14.3 Å². The number of likely N-dealkylation sites (N-methyl/N-ethyl adjacent to an activating group) is 1. The Bertz CT molecular complexity index is 633. The number of ether oxygens (including phenoxy) is 1. The van der Waals surface area contributed by atoms with Crippen molar-refractivity contribution in [1.29, 1.82) is 0 Å². The van der Waals surface area contributed by atoms with Crippen LogP contribution < -0.4 is 20.7 Å². The molecule has 1 aromatic carbocycles. The van der Waals surface area contributed by atoms with Gasteiger partial charge in [0.05, 0.1) is 11.3 Å². The fourth-order valence-electron chi connectivity index (χ4n) is 2.90. The highest BCUT2D eigenvalue weighted by atomic mass is 16.5. The van der Waals surface area contributed by atoms with Crippen LogP contribution in [0.5, 0.6) is 5.75 Å². The summed E-state index contributed by atoms with van der Waals surface area (Å²) in [6, 6.07) is 4.90. The summed E-state index contributed by atoms with van der Waals surface area (Å²) in [5.41, 5.74) is 0.949. The first-order valence-electron chi connectivity index (χ1n) is 8.60. The summed E-state index contributed by atoms with van der Waals surface area (Å²) in [6.45, 7) is 7.08. The number of para-hydroxylation sites is 1. The van der Waals surface area contributed by atoms with Crippen LogP contribution in [0.3, 0.4) is 0 Å². The van der Waals surface area contributed by atoms with E-state index < -0.39 is 0 Å². The fraction of sp³-hybridized carbons (Fsp3) is 0.556. The minimum atomic E-state index is -0.326. The lowest BCUT2D eigenvalue weighted by Crippen LogP contribution is -2.44. The molecule has 3 N–H and O–H groups in total. The minimum Gasteiger partial charge on any atom is -0.486 e. The minimum absolute atomic E-state index is 0.0104. The zero-order valence-corrected chi connectivity index (χ0v) is 15.6. The summed E-state index contributed by atoms with van der Waals surface area (Å²) >= 11 is 0. The van der Waals surface area contributed by atoms with Gasteiger partial charge in [-0.3, -0.25) is 4.79 Å². The second-order valence-corrected chi connectivity index (χ2v) is 6.81. The molecule has 0 aromatic heterocycles. The Morgan fingerprint density at radius 2 is 2.12 bits per heavy atom. The van der Waals surface area contributed by atoms with Crippen LogP contribution in [0.1, 0.15) is 31.1 Å². The predicted octanol–water partition coefficient (Wildman–Crippen LogP) is 1.90. The fourth-order valence-corrected chi connectivity index (χ4v) is 2.90. The molecule has 0 unspecified atom stereocenters. The van der Waals surface area contributed by atoms with E-state index in [2.05, 4.69) is 22.9 Å². The molecule has 2 atom stereocenters. The van der Waals surface area contributed by atoms with Gasteiger partial charge in [-0.25, -0.2) is 4.79 Å². The first kappa shape index (κ1) is 19.1. The molecule has 1 aliphatic rings.